The molecule has 1 fully saturated rings. The quantitative estimate of drug-likeness (QED) is 0.909. The van der Waals surface area contributed by atoms with Gasteiger partial charge in [-0.1, -0.05) is 25.1 Å². The van der Waals surface area contributed by atoms with Crippen LogP contribution in [0.2, 0.25) is 0 Å². The van der Waals surface area contributed by atoms with Crippen molar-refractivity contribution in [2.24, 2.45) is 5.92 Å². The highest BCUT2D eigenvalue weighted by Crippen LogP contribution is 2.27. The summed E-state index contributed by atoms with van der Waals surface area (Å²) in [5.74, 6) is -0.834. The van der Waals surface area contributed by atoms with Gasteiger partial charge in [0, 0.05) is 6.04 Å². The molecule has 2 rings (SSSR count). The van der Waals surface area contributed by atoms with Crippen molar-refractivity contribution in [1.82, 2.24) is 4.90 Å². The zero-order valence-electron chi connectivity index (χ0n) is 11.3. The molecular weight excluding hydrogens is 245 g/mol. The monoisotopic (exact) mass is 265 g/mol. The van der Waals surface area contributed by atoms with Gasteiger partial charge in [-0.2, -0.15) is 0 Å². The molecular formula is C15H20FNO2. The van der Waals surface area contributed by atoms with E-state index in [0.29, 0.717) is 12.0 Å². The summed E-state index contributed by atoms with van der Waals surface area (Å²) in [4.78, 5) is 13.3. The topological polar surface area (TPSA) is 40.5 Å². The third-order valence-electron chi connectivity index (χ3n) is 4.03. The number of hydrogen-bond acceptors (Lipinski definition) is 2. The Hall–Kier alpha value is -1.42. The Kier molecular flexibility index (Phi) is 4.20. The summed E-state index contributed by atoms with van der Waals surface area (Å²) in [6.07, 6.45) is 1.43. The summed E-state index contributed by atoms with van der Waals surface area (Å²) in [6.45, 7) is 4.71. The number of hydrogen-bond donors (Lipinski definition) is 1. The molecule has 1 aromatic rings. The standard InChI is InChI=1S/C15H20FNO2/c1-10-7-8-17(14(10)15(18)19)11(2)9-12-5-3-4-6-13(12)16/h3-6,10-11,14H,7-9H2,1-2H3,(H,18,19). The third kappa shape index (κ3) is 2.95. The maximum Gasteiger partial charge on any atom is 0.321 e. The van der Waals surface area contributed by atoms with Crippen molar-refractivity contribution < 1.29 is 14.3 Å². The van der Waals surface area contributed by atoms with Gasteiger partial charge in [-0.15, -0.1) is 0 Å². The van der Waals surface area contributed by atoms with E-state index in [1.54, 1.807) is 12.1 Å². The highest BCUT2D eigenvalue weighted by atomic mass is 19.1. The lowest BCUT2D eigenvalue weighted by Gasteiger charge is -2.29. The molecule has 1 aliphatic rings. The fraction of sp³-hybridized carbons (Fsp3) is 0.533. The maximum absolute atomic E-state index is 13.6. The van der Waals surface area contributed by atoms with E-state index in [4.69, 9.17) is 0 Å². The number of aliphatic carboxylic acids is 1. The number of carboxylic acid groups (broad SMARTS) is 1. The largest absolute Gasteiger partial charge is 0.480 e. The molecule has 3 atom stereocenters. The molecule has 0 aliphatic carbocycles. The van der Waals surface area contributed by atoms with Gasteiger partial charge >= 0.3 is 5.97 Å². The predicted octanol–water partition coefficient (Wildman–Crippen LogP) is 2.55. The normalized spacial score (nSPS) is 25.4. The van der Waals surface area contributed by atoms with Gasteiger partial charge in [-0.25, -0.2) is 4.39 Å². The van der Waals surface area contributed by atoms with Gasteiger partial charge in [0.15, 0.2) is 0 Å². The summed E-state index contributed by atoms with van der Waals surface area (Å²) in [5.41, 5.74) is 0.652. The average Bonchev–Trinajstić information content (AvgIpc) is 2.74. The third-order valence-corrected chi connectivity index (χ3v) is 4.03. The molecule has 3 unspecified atom stereocenters. The fourth-order valence-corrected chi connectivity index (χ4v) is 2.96. The molecule has 4 heteroatoms. The second-order valence-corrected chi connectivity index (χ2v) is 5.43. The molecule has 1 aliphatic heterocycles. The molecule has 0 radical (unpaired) electrons. The summed E-state index contributed by atoms with van der Waals surface area (Å²) < 4.78 is 13.6. The highest BCUT2D eigenvalue weighted by molar-refractivity contribution is 5.74. The van der Waals surface area contributed by atoms with E-state index < -0.39 is 12.0 Å². The van der Waals surface area contributed by atoms with Crippen LogP contribution in [-0.4, -0.2) is 34.6 Å². The zero-order chi connectivity index (χ0) is 14.0. The zero-order valence-corrected chi connectivity index (χ0v) is 11.3. The Morgan fingerprint density at radius 1 is 1.53 bits per heavy atom. The number of benzene rings is 1. The van der Waals surface area contributed by atoms with Crippen LogP contribution in [0.25, 0.3) is 0 Å². The summed E-state index contributed by atoms with van der Waals surface area (Å²) in [7, 11) is 0. The van der Waals surface area contributed by atoms with Crippen molar-refractivity contribution in [3.05, 3.63) is 35.6 Å². The van der Waals surface area contributed by atoms with E-state index in [0.717, 1.165) is 13.0 Å². The molecule has 1 saturated heterocycles. The van der Waals surface area contributed by atoms with Crippen LogP contribution in [0.1, 0.15) is 25.8 Å². The van der Waals surface area contributed by atoms with Crippen LogP contribution in [0.4, 0.5) is 4.39 Å². The van der Waals surface area contributed by atoms with Crippen LogP contribution in [0.15, 0.2) is 24.3 Å². The minimum absolute atomic E-state index is 0.0305. The molecule has 3 nitrogen and oxygen atoms in total. The average molecular weight is 265 g/mol. The summed E-state index contributed by atoms with van der Waals surface area (Å²) in [6, 6.07) is 6.28. The van der Waals surface area contributed by atoms with Gasteiger partial charge < -0.3 is 5.11 Å². The first kappa shape index (κ1) is 14.0. The lowest BCUT2D eigenvalue weighted by molar-refractivity contribution is -0.144. The number of rotatable bonds is 4. The highest BCUT2D eigenvalue weighted by Gasteiger charge is 2.38. The van der Waals surface area contributed by atoms with Crippen LogP contribution >= 0.6 is 0 Å². The Labute approximate surface area is 113 Å². The Morgan fingerprint density at radius 3 is 2.84 bits per heavy atom. The van der Waals surface area contributed by atoms with Gasteiger partial charge in [0.1, 0.15) is 11.9 Å². The van der Waals surface area contributed by atoms with Gasteiger partial charge in [0.25, 0.3) is 0 Å². The lowest BCUT2D eigenvalue weighted by atomic mass is 10.0. The Morgan fingerprint density at radius 2 is 2.21 bits per heavy atom. The first-order valence-corrected chi connectivity index (χ1v) is 6.72. The smallest absolute Gasteiger partial charge is 0.321 e. The predicted molar refractivity (Wildman–Crippen MR) is 71.5 cm³/mol. The number of halogens is 1. The molecule has 1 aromatic carbocycles. The van der Waals surface area contributed by atoms with Crippen molar-refractivity contribution in [1.29, 1.82) is 0 Å². The minimum atomic E-state index is -0.773. The van der Waals surface area contributed by atoms with E-state index >= 15 is 0 Å². The molecule has 0 spiro atoms. The van der Waals surface area contributed by atoms with Crippen LogP contribution in [0.3, 0.4) is 0 Å². The van der Waals surface area contributed by atoms with Gasteiger partial charge in [0.05, 0.1) is 0 Å². The molecule has 19 heavy (non-hydrogen) atoms. The number of nitrogens with zero attached hydrogens (tertiary/aromatic N) is 1. The molecule has 0 amide bonds. The Bertz CT molecular complexity index is 463. The second kappa shape index (κ2) is 5.70. The van der Waals surface area contributed by atoms with Crippen LogP contribution in [0.5, 0.6) is 0 Å². The molecule has 1 N–H and O–H groups in total. The number of likely N-dealkylation sites (tertiary alicyclic amines) is 1. The first-order chi connectivity index (χ1) is 9.00. The van der Waals surface area contributed by atoms with Crippen molar-refractivity contribution in [2.75, 3.05) is 6.54 Å². The lowest BCUT2D eigenvalue weighted by Crippen LogP contribution is -2.44. The Balaban J connectivity index is 2.10. The van der Waals surface area contributed by atoms with Crippen LogP contribution in [0, 0.1) is 11.7 Å². The SMILES string of the molecule is CC1CCN(C(C)Cc2ccccc2F)C1C(=O)O. The molecule has 104 valence electrons. The fourth-order valence-electron chi connectivity index (χ4n) is 2.96. The van der Waals surface area contributed by atoms with Crippen LogP contribution < -0.4 is 0 Å². The maximum atomic E-state index is 13.6. The number of carbonyl (C=O) groups is 1. The number of carboxylic acids is 1. The van der Waals surface area contributed by atoms with Crippen molar-refractivity contribution in [3.8, 4) is 0 Å². The van der Waals surface area contributed by atoms with Gasteiger partial charge in [0.2, 0.25) is 0 Å². The van der Waals surface area contributed by atoms with Gasteiger partial charge in [-0.3, -0.25) is 9.69 Å². The van der Waals surface area contributed by atoms with E-state index in [9.17, 15) is 14.3 Å². The van der Waals surface area contributed by atoms with E-state index in [2.05, 4.69) is 0 Å². The van der Waals surface area contributed by atoms with Crippen molar-refractivity contribution >= 4 is 5.97 Å². The van der Waals surface area contributed by atoms with Crippen molar-refractivity contribution in [2.45, 2.75) is 38.8 Å². The molecule has 0 saturated carbocycles. The minimum Gasteiger partial charge on any atom is -0.480 e. The van der Waals surface area contributed by atoms with Crippen LogP contribution in [-0.2, 0) is 11.2 Å². The summed E-state index contributed by atoms with van der Waals surface area (Å²) in [5, 5.41) is 9.31. The van der Waals surface area contributed by atoms with E-state index in [-0.39, 0.29) is 17.8 Å². The van der Waals surface area contributed by atoms with E-state index in [1.807, 2.05) is 24.8 Å². The molecule has 0 bridgehead atoms. The van der Waals surface area contributed by atoms with Crippen molar-refractivity contribution in [3.63, 3.8) is 0 Å². The first-order valence-electron chi connectivity index (χ1n) is 6.72. The second-order valence-electron chi connectivity index (χ2n) is 5.43. The molecule has 1 heterocycles. The summed E-state index contributed by atoms with van der Waals surface area (Å²) >= 11 is 0. The molecule has 0 aromatic heterocycles. The van der Waals surface area contributed by atoms with Gasteiger partial charge in [-0.05, 0) is 43.9 Å². The van der Waals surface area contributed by atoms with E-state index in [1.165, 1.54) is 6.07 Å².